The number of rotatable bonds is 7. The molecule has 2 amide bonds. The van der Waals surface area contributed by atoms with E-state index < -0.39 is 6.04 Å². The fraction of sp³-hybridized carbons (Fsp3) is 0.417. The molecule has 1 aliphatic heterocycles. The summed E-state index contributed by atoms with van der Waals surface area (Å²) in [5.41, 5.74) is 1.59. The Bertz CT molecular complexity index is 938. The molecule has 3 rings (SSSR count). The van der Waals surface area contributed by atoms with Gasteiger partial charge < -0.3 is 19.7 Å². The third-order valence-corrected chi connectivity index (χ3v) is 5.52. The van der Waals surface area contributed by atoms with Crippen LogP contribution in [0, 0.1) is 0 Å². The number of ether oxygens (including phenoxy) is 2. The van der Waals surface area contributed by atoms with E-state index in [1.165, 1.54) is 0 Å². The number of nitrogens with zero attached hydrogens (tertiary/aromatic N) is 1. The maximum absolute atomic E-state index is 13.2. The minimum Gasteiger partial charge on any atom is -0.454 e. The van der Waals surface area contributed by atoms with Gasteiger partial charge in [0, 0.05) is 23.0 Å². The average molecular weight is 489 g/mol. The lowest BCUT2D eigenvalue weighted by atomic mass is 10.1. The van der Waals surface area contributed by atoms with Crippen molar-refractivity contribution < 1.29 is 19.1 Å². The summed E-state index contributed by atoms with van der Waals surface area (Å²) in [4.78, 5) is 27.7. The second-order valence-corrected chi connectivity index (χ2v) is 9.67. The van der Waals surface area contributed by atoms with E-state index in [9.17, 15) is 9.59 Å². The third-order valence-electron chi connectivity index (χ3n) is 5.00. The summed E-state index contributed by atoms with van der Waals surface area (Å²) >= 11 is 3.43. The zero-order valence-electron chi connectivity index (χ0n) is 18.4. The first-order chi connectivity index (χ1) is 14.6. The van der Waals surface area contributed by atoms with Crippen LogP contribution in [0.3, 0.4) is 0 Å². The van der Waals surface area contributed by atoms with Crippen LogP contribution in [0.1, 0.15) is 45.2 Å². The minimum absolute atomic E-state index is 0.0721. The summed E-state index contributed by atoms with van der Waals surface area (Å²) in [6, 6.07) is 12.9. The van der Waals surface area contributed by atoms with Crippen molar-refractivity contribution in [3.8, 4) is 11.5 Å². The average Bonchev–Trinajstić information content (AvgIpc) is 3.17. The largest absolute Gasteiger partial charge is 0.454 e. The van der Waals surface area contributed by atoms with Crippen molar-refractivity contribution in [2.75, 3.05) is 6.79 Å². The monoisotopic (exact) mass is 488 g/mol. The molecule has 0 radical (unpaired) electrons. The maximum Gasteiger partial charge on any atom is 0.242 e. The molecule has 0 saturated carbocycles. The number of hydrogen-bond acceptors (Lipinski definition) is 4. The fourth-order valence-corrected chi connectivity index (χ4v) is 3.60. The topological polar surface area (TPSA) is 67.9 Å². The second kappa shape index (κ2) is 9.73. The lowest BCUT2D eigenvalue weighted by Gasteiger charge is -2.31. The Morgan fingerprint density at radius 1 is 1.06 bits per heavy atom. The highest BCUT2D eigenvalue weighted by Gasteiger charge is 2.28. The fourth-order valence-electron chi connectivity index (χ4n) is 3.33. The summed E-state index contributed by atoms with van der Waals surface area (Å²) in [6.45, 7) is 8.15. The molecule has 0 spiro atoms. The smallest absolute Gasteiger partial charge is 0.242 e. The van der Waals surface area contributed by atoms with E-state index in [1.54, 1.807) is 11.8 Å². The molecule has 0 unspecified atom stereocenters. The van der Waals surface area contributed by atoms with E-state index in [-0.39, 0.29) is 24.1 Å². The van der Waals surface area contributed by atoms with Gasteiger partial charge in [0.05, 0.1) is 0 Å². The van der Waals surface area contributed by atoms with Crippen molar-refractivity contribution in [1.82, 2.24) is 10.2 Å². The quantitative estimate of drug-likeness (QED) is 0.625. The van der Waals surface area contributed by atoms with Crippen LogP contribution < -0.4 is 14.8 Å². The van der Waals surface area contributed by atoms with Crippen LogP contribution in [0.4, 0.5) is 0 Å². The minimum atomic E-state index is -0.591. The van der Waals surface area contributed by atoms with E-state index in [2.05, 4.69) is 21.2 Å². The normalized spacial score (nSPS) is 13.6. The summed E-state index contributed by atoms with van der Waals surface area (Å²) in [6.07, 6.45) is 0.850. The second-order valence-electron chi connectivity index (χ2n) is 8.75. The van der Waals surface area contributed by atoms with Crippen molar-refractivity contribution in [3.63, 3.8) is 0 Å². The Labute approximate surface area is 192 Å². The number of hydrogen-bond donors (Lipinski definition) is 1. The Morgan fingerprint density at radius 2 is 1.71 bits per heavy atom. The lowest BCUT2D eigenvalue weighted by Crippen LogP contribution is -2.52. The molecule has 2 aromatic rings. The van der Waals surface area contributed by atoms with Gasteiger partial charge in [0.2, 0.25) is 18.6 Å². The maximum atomic E-state index is 13.2. The predicted octanol–water partition coefficient (Wildman–Crippen LogP) is 4.44. The van der Waals surface area contributed by atoms with Crippen LogP contribution in [0.2, 0.25) is 0 Å². The van der Waals surface area contributed by atoms with Crippen molar-refractivity contribution in [2.45, 2.75) is 58.7 Å². The third kappa shape index (κ3) is 6.47. The van der Waals surface area contributed by atoms with Crippen LogP contribution in [-0.2, 0) is 22.6 Å². The molecular formula is C24H29BrN2O4. The predicted molar refractivity (Wildman–Crippen MR) is 123 cm³/mol. The van der Waals surface area contributed by atoms with Crippen molar-refractivity contribution in [1.29, 1.82) is 0 Å². The van der Waals surface area contributed by atoms with Gasteiger partial charge in [0.25, 0.3) is 0 Å². The summed E-state index contributed by atoms with van der Waals surface area (Å²) in [5.74, 6) is 1.19. The van der Waals surface area contributed by atoms with Crippen LogP contribution in [0.15, 0.2) is 46.9 Å². The van der Waals surface area contributed by atoms with Crippen molar-refractivity contribution >= 4 is 27.7 Å². The van der Waals surface area contributed by atoms with Crippen LogP contribution in [-0.4, -0.2) is 35.1 Å². The Morgan fingerprint density at radius 3 is 2.39 bits per heavy atom. The zero-order valence-corrected chi connectivity index (χ0v) is 20.0. The van der Waals surface area contributed by atoms with Gasteiger partial charge in [-0.3, -0.25) is 9.59 Å². The number of aryl methyl sites for hydroxylation is 1. The molecular weight excluding hydrogens is 460 g/mol. The summed E-state index contributed by atoms with van der Waals surface area (Å²) < 4.78 is 11.7. The number of carbonyl (C=O) groups is 2. The van der Waals surface area contributed by atoms with E-state index >= 15 is 0 Å². The van der Waals surface area contributed by atoms with Gasteiger partial charge in [-0.05, 0) is 69.5 Å². The number of benzene rings is 2. The SMILES string of the molecule is C[C@H](C(=O)NC(C)(C)C)N(Cc1ccc(Br)cc1)C(=O)CCc1ccc2c(c1)OCO2. The number of amides is 2. The van der Waals surface area contributed by atoms with Gasteiger partial charge in [-0.15, -0.1) is 0 Å². The Balaban J connectivity index is 1.72. The molecule has 1 N–H and O–H groups in total. The molecule has 1 aliphatic rings. The highest BCUT2D eigenvalue weighted by Crippen LogP contribution is 2.32. The molecule has 1 atom stereocenters. The number of halogens is 1. The summed E-state index contributed by atoms with van der Waals surface area (Å²) in [7, 11) is 0. The number of nitrogens with one attached hydrogen (secondary N) is 1. The highest BCUT2D eigenvalue weighted by atomic mass is 79.9. The van der Waals surface area contributed by atoms with Crippen molar-refractivity contribution in [2.24, 2.45) is 0 Å². The van der Waals surface area contributed by atoms with Crippen LogP contribution in [0.5, 0.6) is 11.5 Å². The van der Waals surface area contributed by atoms with Gasteiger partial charge in [0.15, 0.2) is 11.5 Å². The van der Waals surface area contributed by atoms with E-state index in [0.29, 0.717) is 25.1 Å². The molecule has 0 aromatic heterocycles. The van der Waals surface area contributed by atoms with Crippen LogP contribution >= 0.6 is 15.9 Å². The first kappa shape index (κ1) is 23.1. The highest BCUT2D eigenvalue weighted by molar-refractivity contribution is 9.10. The molecule has 2 aromatic carbocycles. The zero-order chi connectivity index (χ0) is 22.6. The molecule has 0 saturated heterocycles. The summed E-state index contributed by atoms with van der Waals surface area (Å²) in [5, 5.41) is 2.98. The lowest BCUT2D eigenvalue weighted by molar-refractivity contribution is -0.141. The molecule has 6 nitrogen and oxygen atoms in total. The van der Waals surface area contributed by atoms with Gasteiger partial charge in [-0.2, -0.15) is 0 Å². The molecule has 0 bridgehead atoms. The van der Waals surface area contributed by atoms with Gasteiger partial charge in [-0.1, -0.05) is 34.1 Å². The Kier molecular flexibility index (Phi) is 7.26. The molecule has 7 heteroatoms. The van der Waals surface area contributed by atoms with E-state index in [1.807, 2.05) is 63.2 Å². The number of fused-ring (bicyclic) bond motifs is 1. The van der Waals surface area contributed by atoms with Gasteiger partial charge >= 0.3 is 0 Å². The van der Waals surface area contributed by atoms with E-state index in [4.69, 9.17) is 9.47 Å². The first-order valence-electron chi connectivity index (χ1n) is 10.4. The first-order valence-corrected chi connectivity index (χ1v) is 11.2. The molecule has 1 heterocycles. The Hall–Kier alpha value is -2.54. The number of carbonyl (C=O) groups excluding carboxylic acids is 2. The van der Waals surface area contributed by atoms with Crippen molar-refractivity contribution in [3.05, 3.63) is 58.1 Å². The molecule has 0 fully saturated rings. The van der Waals surface area contributed by atoms with E-state index in [0.717, 1.165) is 21.3 Å². The molecule has 0 aliphatic carbocycles. The van der Waals surface area contributed by atoms with Crippen LogP contribution in [0.25, 0.3) is 0 Å². The molecule has 31 heavy (non-hydrogen) atoms. The standard InChI is InChI=1S/C24H29BrN2O4/c1-16(23(29)26-24(2,3)4)27(14-18-5-9-19(25)10-6-18)22(28)12-8-17-7-11-20-21(13-17)31-15-30-20/h5-7,9-11,13,16H,8,12,14-15H2,1-4H3,(H,26,29)/t16-/m1/s1. The molecule has 166 valence electrons. The van der Waals surface area contributed by atoms with Gasteiger partial charge in [-0.25, -0.2) is 0 Å². The van der Waals surface area contributed by atoms with Gasteiger partial charge in [0.1, 0.15) is 6.04 Å².